The molecule has 226 valence electrons. The molecule has 0 spiro atoms. The average Bonchev–Trinajstić information content (AvgIpc) is 2.91. The number of benzene rings is 3. The van der Waals surface area contributed by atoms with E-state index in [2.05, 4.69) is 9.46 Å². The van der Waals surface area contributed by atoms with Gasteiger partial charge in [-0.1, -0.05) is 36.4 Å². The van der Waals surface area contributed by atoms with Crippen molar-refractivity contribution in [2.45, 2.75) is 50.0 Å². The van der Waals surface area contributed by atoms with Gasteiger partial charge in [0.1, 0.15) is 24.0 Å². The summed E-state index contributed by atoms with van der Waals surface area (Å²) in [6.07, 6.45) is -7.20. The monoisotopic (exact) mass is 613 g/mol. The number of alkyl halides is 4. The van der Waals surface area contributed by atoms with Crippen molar-refractivity contribution in [3.63, 3.8) is 0 Å². The Balaban J connectivity index is 2.37. The van der Waals surface area contributed by atoms with Gasteiger partial charge in [0.2, 0.25) is 0 Å². The van der Waals surface area contributed by atoms with E-state index in [0.717, 1.165) is 30.4 Å². The molecule has 2 atom stereocenters. The summed E-state index contributed by atoms with van der Waals surface area (Å²) >= 11 is 0. The Morgan fingerprint density at radius 1 is 1.00 bits per heavy atom. The Hall–Kier alpha value is -3.48. The van der Waals surface area contributed by atoms with Gasteiger partial charge in [0, 0.05) is 11.6 Å². The van der Waals surface area contributed by atoms with Crippen LogP contribution in [0.1, 0.15) is 43.0 Å². The average molecular weight is 614 g/mol. The second-order valence-corrected chi connectivity index (χ2v) is 12.4. The highest BCUT2D eigenvalue weighted by Gasteiger charge is 2.45. The van der Waals surface area contributed by atoms with Crippen molar-refractivity contribution < 1.29 is 45.2 Å². The van der Waals surface area contributed by atoms with Crippen LogP contribution in [0.5, 0.6) is 5.75 Å². The summed E-state index contributed by atoms with van der Waals surface area (Å²) in [5.41, 5.74) is -1.27. The third-order valence-corrected chi connectivity index (χ3v) is 7.75. The predicted octanol–water partition coefficient (Wildman–Crippen LogP) is 6.31. The lowest BCUT2D eigenvalue weighted by Gasteiger charge is -2.38. The molecule has 0 fully saturated rings. The lowest BCUT2D eigenvalue weighted by atomic mass is 9.78. The molecule has 0 saturated heterocycles. The zero-order valence-corrected chi connectivity index (χ0v) is 23.7. The minimum atomic E-state index is -4.94. The fraction of sp³-hybridized carbons (Fsp3) is 0.300. The highest BCUT2D eigenvalue weighted by atomic mass is 32.2. The van der Waals surface area contributed by atoms with Crippen LogP contribution in [0, 0.1) is 11.6 Å². The van der Waals surface area contributed by atoms with Gasteiger partial charge < -0.3 is 9.84 Å². The molecule has 0 aliphatic rings. The minimum Gasteiger partial charge on any atom is -0.428 e. The van der Waals surface area contributed by atoms with Crippen molar-refractivity contribution in [1.82, 2.24) is 4.72 Å². The number of carbonyl (C=O) groups is 1. The Labute approximate surface area is 241 Å². The molecule has 0 aliphatic heterocycles. The van der Waals surface area contributed by atoms with Gasteiger partial charge >= 0.3 is 12.5 Å². The minimum absolute atomic E-state index is 0.103. The van der Waals surface area contributed by atoms with Gasteiger partial charge in [0.15, 0.2) is 5.78 Å². The topological polar surface area (TPSA) is 75.6 Å². The van der Waals surface area contributed by atoms with E-state index in [1.165, 1.54) is 12.1 Å². The molecule has 3 rings (SSSR count). The van der Waals surface area contributed by atoms with Crippen LogP contribution in [0.15, 0.2) is 72.8 Å². The summed E-state index contributed by atoms with van der Waals surface area (Å²) in [5, 5.41) is 9.03. The molecule has 0 amide bonds. The second kappa shape index (κ2) is 13.2. The lowest BCUT2D eigenvalue weighted by molar-refractivity contribution is -0.253. The van der Waals surface area contributed by atoms with Crippen LogP contribution in [-0.2, 0) is 27.7 Å². The fourth-order valence-electron chi connectivity index (χ4n) is 3.98. The molecular weight excluding hydrogens is 584 g/mol. The van der Waals surface area contributed by atoms with Crippen molar-refractivity contribution in [2.24, 2.45) is 0 Å². The van der Waals surface area contributed by atoms with E-state index in [1.807, 2.05) is 0 Å². The summed E-state index contributed by atoms with van der Waals surface area (Å²) in [7, 11) is -1.93. The van der Waals surface area contributed by atoms with Crippen molar-refractivity contribution in [3.8, 4) is 5.75 Å². The van der Waals surface area contributed by atoms with Gasteiger partial charge in [-0.2, -0.15) is 17.6 Å². The molecule has 0 radical (unpaired) electrons. The second-order valence-electron chi connectivity index (χ2n) is 10.4. The Kier molecular flexibility index (Phi) is 10.4. The van der Waals surface area contributed by atoms with Gasteiger partial charge in [0.25, 0.3) is 0 Å². The zero-order valence-electron chi connectivity index (χ0n) is 22.8. The van der Waals surface area contributed by atoms with E-state index in [4.69, 9.17) is 5.11 Å². The summed E-state index contributed by atoms with van der Waals surface area (Å²) in [6.45, 7) is 4.11. The first-order chi connectivity index (χ1) is 19.6. The number of ketones is 1. The van der Waals surface area contributed by atoms with E-state index in [0.29, 0.717) is 11.6 Å². The molecule has 0 aliphatic carbocycles. The maximum absolute atomic E-state index is 15.0. The first-order valence-electron chi connectivity index (χ1n) is 12.6. The predicted molar refractivity (Wildman–Crippen MR) is 147 cm³/mol. The van der Waals surface area contributed by atoms with Crippen molar-refractivity contribution >= 4 is 22.8 Å². The molecule has 5 nitrogen and oxygen atoms in total. The highest BCUT2D eigenvalue weighted by Crippen LogP contribution is 2.39. The highest BCUT2D eigenvalue weighted by molar-refractivity contribution is 7.84. The van der Waals surface area contributed by atoms with Crippen LogP contribution in [0.3, 0.4) is 0 Å². The Morgan fingerprint density at radius 3 is 2.26 bits per heavy atom. The summed E-state index contributed by atoms with van der Waals surface area (Å²) < 4.78 is 103. The fourth-order valence-corrected chi connectivity index (χ4v) is 4.91. The number of rotatable bonds is 12. The first kappa shape index (κ1) is 33.0. The van der Waals surface area contributed by atoms with Crippen LogP contribution >= 0.6 is 0 Å². The number of ether oxygens (including phenoxy) is 1. The van der Waals surface area contributed by atoms with Crippen molar-refractivity contribution in [3.05, 3.63) is 107 Å². The van der Waals surface area contributed by atoms with Gasteiger partial charge in [-0.15, -0.1) is 0 Å². The number of halogens is 6. The summed E-state index contributed by atoms with van der Waals surface area (Å²) in [5.74, 6) is -3.53. The molecule has 0 unspecified atom stereocenters. The zero-order chi connectivity index (χ0) is 31.3. The van der Waals surface area contributed by atoms with Crippen molar-refractivity contribution in [2.75, 3.05) is 6.61 Å². The molecule has 0 aromatic heterocycles. The largest absolute Gasteiger partial charge is 0.461 e. The maximum Gasteiger partial charge on any atom is 0.461 e. The summed E-state index contributed by atoms with van der Waals surface area (Å²) in [6, 6.07) is 14.5. The lowest BCUT2D eigenvalue weighted by Crippen LogP contribution is -2.50. The Morgan fingerprint density at radius 2 is 1.67 bits per heavy atom. The van der Waals surface area contributed by atoms with Crippen LogP contribution in [-0.4, -0.2) is 39.0 Å². The molecule has 2 N–H and O–H groups in total. The third kappa shape index (κ3) is 8.08. The van der Waals surface area contributed by atoms with E-state index in [1.54, 1.807) is 51.1 Å². The van der Waals surface area contributed by atoms with Crippen LogP contribution in [0.25, 0.3) is 6.08 Å². The first-order valence-corrected chi connectivity index (χ1v) is 13.7. The van der Waals surface area contributed by atoms with Gasteiger partial charge in [-0.25, -0.2) is 17.7 Å². The quantitative estimate of drug-likeness (QED) is 0.185. The van der Waals surface area contributed by atoms with E-state index >= 15 is 4.39 Å². The van der Waals surface area contributed by atoms with E-state index in [9.17, 15) is 31.0 Å². The number of hydrogen-bond donors (Lipinski definition) is 2. The van der Waals surface area contributed by atoms with Crippen LogP contribution < -0.4 is 9.46 Å². The number of aliphatic hydroxyl groups is 1. The molecule has 12 heteroatoms. The third-order valence-electron chi connectivity index (χ3n) is 6.10. The molecule has 0 bridgehead atoms. The molecule has 3 aromatic carbocycles. The van der Waals surface area contributed by atoms with Crippen LogP contribution in [0.2, 0.25) is 0 Å². The van der Waals surface area contributed by atoms with Crippen LogP contribution in [0.4, 0.5) is 26.3 Å². The molecular formula is C30H29F6NO4S. The molecule has 3 aromatic rings. The number of aliphatic hydroxyl groups excluding tert-OH is 1. The number of nitrogens with one attached hydrogen (secondary N) is 1. The smallest absolute Gasteiger partial charge is 0.428 e. The molecule has 0 saturated carbocycles. The van der Waals surface area contributed by atoms with E-state index in [-0.39, 0.29) is 23.1 Å². The molecule has 42 heavy (non-hydrogen) atoms. The standard InChI is InChI=1S/C30H29F6NO4S/c1-28(2,3)42(40)37-29(17-19-7-5-4-6-8-19,21-10-12-26(32)20(13-21)9-11-24(39)18-38)22-14-23(31)16-25(15-22)41-30(35,36)27(33)34/h4-16,27,37-38H,17-18H2,1-3H3/b11-9+/t29-,42-/m1/s1. The summed E-state index contributed by atoms with van der Waals surface area (Å²) in [4.78, 5) is 11.7. The number of carbonyl (C=O) groups excluding carboxylic acids is 1. The Bertz CT molecular complexity index is 1460. The van der Waals surface area contributed by atoms with Gasteiger partial charge in [-0.3, -0.25) is 4.79 Å². The van der Waals surface area contributed by atoms with Crippen molar-refractivity contribution in [1.29, 1.82) is 0 Å². The SMILES string of the molecule is CC(C)(C)[S@@](=O)N[C@@](Cc1ccccc1)(c1cc(F)cc(OC(F)(F)C(F)F)c1)c1ccc(F)c(/C=C/C(=O)CO)c1. The van der Waals surface area contributed by atoms with Gasteiger partial charge in [-0.05, 0) is 80.3 Å². The number of hydrogen-bond acceptors (Lipinski definition) is 4. The molecule has 0 heterocycles. The maximum atomic E-state index is 15.0. The normalized spacial score (nSPS) is 14.6. The van der Waals surface area contributed by atoms with E-state index < -0.39 is 63.6 Å². The van der Waals surface area contributed by atoms with Gasteiger partial charge in [0.05, 0.1) is 21.3 Å².